The molecule has 0 saturated heterocycles. The Morgan fingerprint density at radius 1 is 1.38 bits per heavy atom. The van der Waals surface area contributed by atoms with Gasteiger partial charge in [-0.2, -0.15) is 0 Å². The van der Waals surface area contributed by atoms with Gasteiger partial charge in [-0.15, -0.1) is 10.2 Å². The molecule has 16 heavy (non-hydrogen) atoms. The smallest absolute Gasteiger partial charge is 0.219 e. The molecule has 0 radical (unpaired) electrons. The highest BCUT2D eigenvalue weighted by molar-refractivity contribution is 4.97. The van der Waals surface area contributed by atoms with E-state index in [1.807, 2.05) is 0 Å². The van der Waals surface area contributed by atoms with E-state index in [0.717, 1.165) is 43.6 Å². The average Bonchev–Trinajstić information content (AvgIpc) is 3.03. The van der Waals surface area contributed by atoms with Crippen LogP contribution in [-0.4, -0.2) is 23.3 Å². The summed E-state index contributed by atoms with van der Waals surface area (Å²) in [5, 5.41) is 11.5. The van der Waals surface area contributed by atoms with Crippen molar-refractivity contribution in [1.29, 1.82) is 0 Å². The quantitative estimate of drug-likeness (QED) is 0.719. The summed E-state index contributed by atoms with van der Waals surface area (Å²) in [6.45, 7) is 6.33. The lowest BCUT2D eigenvalue weighted by molar-refractivity contribution is 0.405. The Labute approximate surface area is 96.8 Å². The van der Waals surface area contributed by atoms with Gasteiger partial charge >= 0.3 is 0 Å². The van der Waals surface area contributed by atoms with Crippen LogP contribution in [0, 0.1) is 5.92 Å². The fourth-order valence-electron chi connectivity index (χ4n) is 1.85. The first-order valence-corrected chi connectivity index (χ1v) is 6.34. The Morgan fingerprint density at radius 2 is 2.19 bits per heavy atom. The van der Waals surface area contributed by atoms with Gasteiger partial charge in [0.2, 0.25) is 11.8 Å². The summed E-state index contributed by atoms with van der Waals surface area (Å²) in [6, 6.07) is 0. The first-order valence-electron chi connectivity index (χ1n) is 6.34. The number of nitrogens with one attached hydrogen (secondary N) is 1. The lowest BCUT2D eigenvalue weighted by Gasteiger charge is -2.02. The summed E-state index contributed by atoms with van der Waals surface area (Å²) in [5.41, 5.74) is 0. The second-order valence-corrected chi connectivity index (χ2v) is 4.66. The molecule has 1 unspecified atom stereocenters. The van der Waals surface area contributed by atoms with Crippen molar-refractivity contribution in [1.82, 2.24) is 15.5 Å². The Kier molecular flexibility index (Phi) is 3.93. The second-order valence-electron chi connectivity index (χ2n) is 4.66. The monoisotopic (exact) mass is 223 g/mol. The zero-order chi connectivity index (χ0) is 11.4. The Bertz CT molecular complexity index is 320. The Hall–Kier alpha value is -0.900. The maximum absolute atomic E-state index is 5.66. The Morgan fingerprint density at radius 3 is 2.88 bits per heavy atom. The van der Waals surface area contributed by atoms with Crippen LogP contribution < -0.4 is 5.32 Å². The predicted octanol–water partition coefficient (Wildman–Crippen LogP) is 2.13. The van der Waals surface area contributed by atoms with Gasteiger partial charge in [-0.1, -0.05) is 13.8 Å². The lowest BCUT2D eigenvalue weighted by Crippen LogP contribution is -2.17. The highest BCUT2D eigenvalue weighted by Crippen LogP contribution is 2.41. The van der Waals surface area contributed by atoms with Gasteiger partial charge in [-0.05, 0) is 31.7 Å². The fourth-order valence-corrected chi connectivity index (χ4v) is 1.85. The van der Waals surface area contributed by atoms with E-state index in [0.29, 0.717) is 5.92 Å². The highest BCUT2D eigenvalue weighted by Gasteiger charge is 2.32. The first kappa shape index (κ1) is 11.6. The molecule has 4 nitrogen and oxygen atoms in total. The molecule has 0 bridgehead atoms. The summed E-state index contributed by atoms with van der Waals surface area (Å²) in [6.07, 6.45) is 4.63. The Balaban J connectivity index is 1.77. The molecule has 1 saturated carbocycles. The summed E-state index contributed by atoms with van der Waals surface area (Å²) in [4.78, 5) is 0. The van der Waals surface area contributed by atoms with Crippen molar-refractivity contribution in [2.24, 2.45) is 5.92 Å². The first-order chi connectivity index (χ1) is 7.81. The molecular formula is C12H21N3O. The SMILES string of the molecule is CCCNCCc1nnc(C(C)C2CC2)o1. The third-order valence-corrected chi connectivity index (χ3v) is 3.14. The standard InChI is InChI=1S/C12H21N3O/c1-3-7-13-8-6-11-14-15-12(16-11)9(2)10-4-5-10/h9-10,13H,3-8H2,1-2H3. The molecule has 1 heterocycles. The molecule has 0 aliphatic heterocycles. The van der Waals surface area contributed by atoms with Crippen molar-refractivity contribution in [3.63, 3.8) is 0 Å². The zero-order valence-corrected chi connectivity index (χ0v) is 10.2. The van der Waals surface area contributed by atoms with Crippen LogP contribution in [-0.2, 0) is 6.42 Å². The minimum Gasteiger partial charge on any atom is -0.425 e. The van der Waals surface area contributed by atoms with Gasteiger partial charge < -0.3 is 9.73 Å². The van der Waals surface area contributed by atoms with E-state index < -0.39 is 0 Å². The molecule has 90 valence electrons. The lowest BCUT2D eigenvalue weighted by atomic mass is 10.1. The predicted molar refractivity (Wildman–Crippen MR) is 62.3 cm³/mol. The van der Waals surface area contributed by atoms with Gasteiger partial charge in [0.25, 0.3) is 0 Å². The number of rotatable bonds is 7. The molecule has 4 heteroatoms. The van der Waals surface area contributed by atoms with Crippen molar-refractivity contribution in [3.8, 4) is 0 Å². The minimum absolute atomic E-state index is 0.449. The van der Waals surface area contributed by atoms with Crippen molar-refractivity contribution < 1.29 is 4.42 Å². The maximum atomic E-state index is 5.66. The molecule has 0 aromatic carbocycles. The molecule has 1 aliphatic carbocycles. The summed E-state index contributed by atoms with van der Waals surface area (Å²) in [5.74, 6) is 2.83. The van der Waals surface area contributed by atoms with Gasteiger partial charge in [0.1, 0.15) is 0 Å². The van der Waals surface area contributed by atoms with Crippen LogP contribution in [0.4, 0.5) is 0 Å². The van der Waals surface area contributed by atoms with Crippen LogP contribution in [0.2, 0.25) is 0 Å². The van der Waals surface area contributed by atoms with Crippen LogP contribution in [0.1, 0.15) is 50.8 Å². The van der Waals surface area contributed by atoms with Crippen LogP contribution in [0.25, 0.3) is 0 Å². The summed E-state index contributed by atoms with van der Waals surface area (Å²) < 4.78 is 5.66. The van der Waals surface area contributed by atoms with Crippen molar-refractivity contribution >= 4 is 0 Å². The van der Waals surface area contributed by atoms with Gasteiger partial charge in [-0.25, -0.2) is 0 Å². The highest BCUT2D eigenvalue weighted by atomic mass is 16.4. The van der Waals surface area contributed by atoms with Gasteiger partial charge in [0.05, 0.1) is 0 Å². The number of hydrogen-bond donors (Lipinski definition) is 1. The summed E-state index contributed by atoms with van der Waals surface area (Å²) >= 11 is 0. The molecule has 1 fully saturated rings. The van der Waals surface area contributed by atoms with E-state index >= 15 is 0 Å². The van der Waals surface area contributed by atoms with Gasteiger partial charge in [0, 0.05) is 18.9 Å². The van der Waals surface area contributed by atoms with E-state index in [-0.39, 0.29) is 0 Å². The zero-order valence-electron chi connectivity index (χ0n) is 10.2. The molecule has 2 rings (SSSR count). The third-order valence-electron chi connectivity index (χ3n) is 3.14. The van der Waals surface area contributed by atoms with Crippen molar-refractivity contribution in [2.45, 2.75) is 45.4 Å². The van der Waals surface area contributed by atoms with Crippen LogP contribution >= 0.6 is 0 Å². The van der Waals surface area contributed by atoms with Crippen LogP contribution in [0.3, 0.4) is 0 Å². The molecule has 1 aromatic heterocycles. The van der Waals surface area contributed by atoms with Gasteiger partial charge in [-0.3, -0.25) is 0 Å². The molecule has 1 atom stereocenters. The third kappa shape index (κ3) is 3.04. The molecule has 1 aliphatic rings. The summed E-state index contributed by atoms with van der Waals surface area (Å²) in [7, 11) is 0. The van der Waals surface area contributed by atoms with E-state index in [1.165, 1.54) is 12.8 Å². The van der Waals surface area contributed by atoms with E-state index in [1.54, 1.807) is 0 Å². The molecule has 1 N–H and O–H groups in total. The molecule has 0 spiro atoms. The maximum Gasteiger partial charge on any atom is 0.219 e. The van der Waals surface area contributed by atoms with E-state index in [2.05, 4.69) is 29.4 Å². The molecular weight excluding hydrogens is 202 g/mol. The number of hydrogen-bond acceptors (Lipinski definition) is 4. The molecule has 1 aromatic rings. The molecule has 0 amide bonds. The average molecular weight is 223 g/mol. The fraction of sp³-hybridized carbons (Fsp3) is 0.833. The van der Waals surface area contributed by atoms with Crippen LogP contribution in [0.15, 0.2) is 4.42 Å². The minimum atomic E-state index is 0.449. The van der Waals surface area contributed by atoms with Crippen LogP contribution in [0.5, 0.6) is 0 Å². The van der Waals surface area contributed by atoms with Crippen molar-refractivity contribution in [3.05, 3.63) is 11.8 Å². The topological polar surface area (TPSA) is 51.0 Å². The number of nitrogens with zero attached hydrogens (tertiary/aromatic N) is 2. The normalized spacial score (nSPS) is 17.6. The van der Waals surface area contributed by atoms with Crippen molar-refractivity contribution in [2.75, 3.05) is 13.1 Å². The van der Waals surface area contributed by atoms with E-state index in [4.69, 9.17) is 4.42 Å². The van der Waals surface area contributed by atoms with Gasteiger partial charge in [0.15, 0.2) is 0 Å². The second kappa shape index (κ2) is 5.43. The van der Waals surface area contributed by atoms with E-state index in [9.17, 15) is 0 Å². The number of aromatic nitrogens is 2. The largest absolute Gasteiger partial charge is 0.425 e.